The van der Waals surface area contributed by atoms with Crippen molar-refractivity contribution >= 4 is 12.1 Å². The third-order valence-electron chi connectivity index (χ3n) is 3.17. The van der Waals surface area contributed by atoms with Crippen LogP contribution in [0.5, 0.6) is 0 Å². The monoisotopic (exact) mass is 266 g/mol. The van der Waals surface area contributed by atoms with Crippen molar-refractivity contribution in [2.24, 2.45) is 5.10 Å². The average Bonchev–Trinajstić information content (AvgIpc) is 2.53. The van der Waals surface area contributed by atoms with Crippen LogP contribution in [0.15, 0.2) is 65.8 Å². The first kappa shape index (κ1) is 14.0. The molecule has 0 N–H and O–H groups in total. The van der Waals surface area contributed by atoms with E-state index in [1.54, 1.807) is 13.3 Å². The molecule has 0 bridgehead atoms. The standard InChI is InChI=1S/C17H18N2O/c1-14(16-11-7-4-8-12-16)17(20)19(2)18-13-15-9-5-3-6-10-15/h3-14H,1-2H3. The van der Waals surface area contributed by atoms with Crippen molar-refractivity contribution < 1.29 is 4.79 Å². The lowest BCUT2D eigenvalue weighted by Crippen LogP contribution is -2.26. The third-order valence-corrected chi connectivity index (χ3v) is 3.17. The molecule has 0 radical (unpaired) electrons. The highest BCUT2D eigenvalue weighted by Crippen LogP contribution is 2.17. The van der Waals surface area contributed by atoms with Gasteiger partial charge in [-0.3, -0.25) is 4.79 Å². The second kappa shape index (κ2) is 6.66. The predicted octanol–water partition coefficient (Wildman–Crippen LogP) is 3.28. The van der Waals surface area contributed by atoms with Gasteiger partial charge in [0, 0.05) is 7.05 Å². The van der Waals surface area contributed by atoms with Crippen LogP contribution >= 0.6 is 0 Å². The van der Waals surface area contributed by atoms with Gasteiger partial charge in [-0.25, -0.2) is 5.01 Å². The number of rotatable bonds is 4. The molecule has 0 aliphatic carbocycles. The first-order chi connectivity index (χ1) is 9.68. The zero-order valence-corrected chi connectivity index (χ0v) is 11.7. The van der Waals surface area contributed by atoms with E-state index in [2.05, 4.69) is 5.10 Å². The Labute approximate surface area is 119 Å². The maximum atomic E-state index is 12.3. The van der Waals surface area contributed by atoms with E-state index in [0.717, 1.165) is 11.1 Å². The number of carbonyl (C=O) groups excluding carboxylic acids is 1. The summed E-state index contributed by atoms with van der Waals surface area (Å²) in [5, 5.41) is 5.59. The fraction of sp³-hybridized carbons (Fsp3) is 0.176. The maximum Gasteiger partial charge on any atom is 0.249 e. The summed E-state index contributed by atoms with van der Waals surface area (Å²) in [4.78, 5) is 12.3. The average molecular weight is 266 g/mol. The number of nitrogens with zero attached hydrogens (tertiary/aromatic N) is 2. The molecule has 0 saturated carbocycles. The normalized spacial score (nSPS) is 12.3. The minimum absolute atomic E-state index is 0.0246. The van der Waals surface area contributed by atoms with Crippen molar-refractivity contribution in [1.29, 1.82) is 0 Å². The smallest absolute Gasteiger partial charge is 0.249 e. The highest BCUT2D eigenvalue weighted by molar-refractivity contribution is 5.85. The number of hydrogen-bond donors (Lipinski definition) is 0. The van der Waals surface area contributed by atoms with Gasteiger partial charge in [0.05, 0.1) is 12.1 Å². The zero-order valence-electron chi connectivity index (χ0n) is 11.7. The van der Waals surface area contributed by atoms with E-state index < -0.39 is 0 Å². The highest BCUT2D eigenvalue weighted by Gasteiger charge is 2.18. The van der Waals surface area contributed by atoms with Crippen LogP contribution in [0.2, 0.25) is 0 Å². The van der Waals surface area contributed by atoms with E-state index >= 15 is 0 Å². The van der Waals surface area contributed by atoms with Crippen LogP contribution in [-0.4, -0.2) is 24.2 Å². The SMILES string of the molecule is CC(C(=O)N(C)N=Cc1ccccc1)c1ccccc1. The second-order valence-corrected chi connectivity index (χ2v) is 4.65. The lowest BCUT2D eigenvalue weighted by molar-refractivity contribution is -0.131. The molecule has 2 aromatic carbocycles. The Morgan fingerprint density at radius 1 is 1.05 bits per heavy atom. The topological polar surface area (TPSA) is 32.7 Å². The molecule has 0 aliphatic rings. The minimum Gasteiger partial charge on any atom is -0.272 e. The molecule has 2 aromatic rings. The molecule has 0 aliphatic heterocycles. The molecular formula is C17H18N2O. The molecule has 20 heavy (non-hydrogen) atoms. The van der Waals surface area contributed by atoms with E-state index in [0.29, 0.717) is 0 Å². The quantitative estimate of drug-likeness (QED) is 0.617. The molecule has 2 rings (SSSR count). The van der Waals surface area contributed by atoms with Crippen LogP contribution in [0.3, 0.4) is 0 Å². The Morgan fingerprint density at radius 2 is 1.60 bits per heavy atom. The van der Waals surface area contributed by atoms with E-state index in [4.69, 9.17) is 0 Å². The zero-order chi connectivity index (χ0) is 14.4. The van der Waals surface area contributed by atoms with Crippen LogP contribution in [0.1, 0.15) is 24.0 Å². The van der Waals surface area contributed by atoms with Crippen molar-refractivity contribution in [3.05, 3.63) is 71.8 Å². The van der Waals surface area contributed by atoms with Gasteiger partial charge in [-0.2, -0.15) is 5.10 Å². The Hall–Kier alpha value is -2.42. The third kappa shape index (κ3) is 3.54. The molecule has 1 unspecified atom stereocenters. The van der Waals surface area contributed by atoms with Crippen LogP contribution in [0, 0.1) is 0 Å². The van der Waals surface area contributed by atoms with Gasteiger partial charge in [0.25, 0.3) is 0 Å². The first-order valence-electron chi connectivity index (χ1n) is 6.60. The van der Waals surface area contributed by atoms with Crippen molar-refractivity contribution in [1.82, 2.24) is 5.01 Å². The molecule has 3 nitrogen and oxygen atoms in total. The number of benzene rings is 2. The van der Waals surface area contributed by atoms with Gasteiger partial charge in [0.15, 0.2) is 0 Å². The number of hydrazone groups is 1. The lowest BCUT2D eigenvalue weighted by atomic mass is 10.0. The summed E-state index contributed by atoms with van der Waals surface area (Å²) in [6.45, 7) is 1.90. The van der Waals surface area contributed by atoms with E-state index in [-0.39, 0.29) is 11.8 Å². The van der Waals surface area contributed by atoms with Crippen LogP contribution in [0.25, 0.3) is 0 Å². The molecule has 0 saturated heterocycles. The van der Waals surface area contributed by atoms with Crippen molar-refractivity contribution in [2.75, 3.05) is 7.05 Å². The van der Waals surface area contributed by atoms with Gasteiger partial charge in [0.2, 0.25) is 5.91 Å². The molecule has 0 aromatic heterocycles. The fourth-order valence-corrected chi connectivity index (χ4v) is 1.91. The van der Waals surface area contributed by atoms with E-state index in [9.17, 15) is 4.79 Å². The Morgan fingerprint density at radius 3 is 2.20 bits per heavy atom. The second-order valence-electron chi connectivity index (χ2n) is 4.65. The largest absolute Gasteiger partial charge is 0.272 e. The Bertz CT molecular complexity index is 578. The van der Waals surface area contributed by atoms with Gasteiger partial charge in [-0.1, -0.05) is 60.7 Å². The minimum atomic E-state index is -0.200. The number of likely N-dealkylation sites (N-methyl/N-ethyl adjacent to an activating group) is 1. The summed E-state index contributed by atoms with van der Waals surface area (Å²) in [5.41, 5.74) is 1.97. The lowest BCUT2D eigenvalue weighted by Gasteiger charge is -2.16. The Kier molecular flexibility index (Phi) is 4.66. The van der Waals surface area contributed by atoms with Gasteiger partial charge < -0.3 is 0 Å². The predicted molar refractivity (Wildman–Crippen MR) is 81.7 cm³/mol. The number of amides is 1. The van der Waals surface area contributed by atoms with E-state index in [1.807, 2.05) is 67.6 Å². The molecule has 102 valence electrons. The van der Waals surface area contributed by atoms with Crippen LogP contribution in [-0.2, 0) is 4.79 Å². The van der Waals surface area contributed by atoms with E-state index in [1.165, 1.54) is 5.01 Å². The molecule has 1 amide bonds. The summed E-state index contributed by atoms with van der Waals surface area (Å²) < 4.78 is 0. The summed E-state index contributed by atoms with van der Waals surface area (Å²) >= 11 is 0. The van der Waals surface area contributed by atoms with Gasteiger partial charge >= 0.3 is 0 Å². The van der Waals surface area contributed by atoms with Gasteiger partial charge in [-0.05, 0) is 18.1 Å². The first-order valence-corrected chi connectivity index (χ1v) is 6.60. The Balaban J connectivity index is 2.04. The molecule has 0 heterocycles. The van der Waals surface area contributed by atoms with Crippen molar-refractivity contribution in [3.63, 3.8) is 0 Å². The van der Waals surface area contributed by atoms with Crippen LogP contribution in [0.4, 0.5) is 0 Å². The van der Waals surface area contributed by atoms with Crippen molar-refractivity contribution in [3.8, 4) is 0 Å². The molecule has 1 atom stereocenters. The van der Waals surface area contributed by atoms with Crippen LogP contribution < -0.4 is 0 Å². The van der Waals surface area contributed by atoms with Gasteiger partial charge in [-0.15, -0.1) is 0 Å². The summed E-state index contributed by atoms with van der Waals surface area (Å²) in [6, 6.07) is 19.4. The summed E-state index contributed by atoms with van der Waals surface area (Å²) in [5.74, 6) is -0.225. The van der Waals surface area contributed by atoms with Gasteiger partial charge in [0.1, 0.15) is 0 Å². The molecular weight excluding hydrogens is 248 g/mol. The highest BCUT2D eigenvalue weighted by atomic mass is 16.2. The van der Waals surface area contributed by atoms with Crippen molar-refractivity contribution in [2.45, 2.75) is 12.8 Å². The number of hydrogen-bond acceptors (Lipinski definition) is 2. The molecule has 3 heteroatoms. The fourth-order valence-electron chi connectivity index (χ4n) is 1.91. The molecule has 0 spiro atoms. The summed E-state index contributed by atoms with van der Waals surface area (Å²) in [7, 11) is 1.68. The summed E-state index contributed by atoms with van der Waals surface area (Å²) in [6.07, 6.45) is 1.69. The number of carbonyl (C=O) groups is 1. The molecule has 0 fully saturated rings. The maximum absolute atomic E-state index is 12.3.